The van der Waals surface area contributed by atoms with Crippen molar-refractivity contribution < 1.29 is 14.3 Å². The van der Waals surface area contributed by atoms with Crippen molar-refractivity contribution in [3.8, 4) is 17.5 Å². The Morgan fingerprint density at radius 2 is 2.00 bits per heavy atom. The second kappa shape index (κ2) is 8.96. The van der Waals surface area contributed by atoms with Gasteiger partial charge in [0.2, 0.25) is 11.1 Å². The molecule has 0 aliphatic carbocycles. The summed E-state index contributed by atoms with van der Waals surface area (Å²) in [5.74, 6) is -0.837. The Labute approximate surface area is 164 Å². The number of tetrazole rings is 1. The fourth-order valence-electron chi connectivity index (χ4n) is 2.44. The zero-order valence-electron chi connectivity index (χ0n) is 14.6. The van der Waals surface area contributed by atoms with E-state index in [1.165, 1.54) is 39.9 Å². The number of para-hydroxylation sites is 1. The third-order valence-corrected chi connectivity index (χ3v) is 4.66. The number of anilines is 1. The van der Waals surface area contributed by atoms with E-state index >= 15 is 0 Å². The highest BCUT2D eigenvalue weighted by Crippen LogP contribution is 2.23. The molecule has 1 N–H and O–H groups in total. The van der Waals surface area contributed by atoms with Crippen molar-refractivity contribution in [3.05, 3.63) is 54.3 Å². The van der Waals surface area contributed by atoms with Gasteiger partial charge in [0.25, 0.3) is 0 Å². The Morgan fingerprint density at radius 3 is 2.71 bits per heavy atom. The molecule has 1 amide bonds. The summed E-state index contributed by atoms with van der Waals surface area (Å²) in [6.07, 6.45) is 0.0794. The summed E-state index contributed by atoms with van der Waals surface area (Å²) < 4.78 is 15.5. The Morgan fingerprint density at radius 1 is 1.25 bits per heavy atom. The quantitative estimate of drug-likeness (QED) is 0.609. The van der Waals surface area contributed by atoms with E-state index in [0.29, 0.717) is 10.8 Å². The van der Waals surface area contributed by atoms with Crippen LogP contribution in [0.5, 0.6) is 5.75 Å². The van der Waals surface area contributed by atoms with Crippen LogP contribution in [0.2, 0.25) is 0 Å². The van der Waals surface area contributed by atoms with Crippen molar-refractivity contribution in [1.82, 2.24) is 20.2 Å². The van der Waals surface area contributed by atoms with Gasteiger partial charge in [0.15, 0.2) is 0 Å². The van der Waals surface area contributed by atoms with Gasteiger partial charge in [-0.25, -0.2) is 4.39 Å². The SMILES string of the molecule is N#CCCN(C(=O)CSc1nnnn1-c1ccc(O)cc1)c1ccccc1F. The van der Waals surface area contributed by atoms with E-state index in [4.69, 9.17) is 5.26 Å². The molecule has 0 atom stereocenters. The Hall–Kier alpha value is -3.45. The predicted octanol–water partition coefficient (Wildman–Crippen LogP) is 2.55. The number of hydrogen-bond acceptors (Lipinski definition) is 7. The molecule has 0 radical (unpaired) electrons. The number of carbonyl (C=O) groups excluding carboxylic acids is 1. The van der Waals surface area contributed by atoms with Gasteiger partial charge in [-0.2, -0.15) is 9.94 Å². The zero-order valence-corrected chi connectivity index (χ0v) is 15.4. The van der Waals surface area contributed by atoms with Crippen LogP contribution in [0.4, 0.5) is 10.1 Å². The molecular weight excluding hydrogens is 383 g/mol. The van der Waals surface area contributed by atoms with Gasteiger partial charge in [-0.05, 0) is 46.8 Å². The van der Waals surface area contributed by atoms with E-state index in [1.807, 2.05) is 6.07 Å². The number of rotatable bonds is 7. The molecule has 142 valence electrons. The van der Waals surface area contributed by atoms with Gasteiger partial charge in [0.1, 0.15) is 11.6 Å². The van der Waals surface area contributed by atoms with Gasteiger partial charge in [-0.1, -0.05) is 23.9 Å². The fourth-order valence-corrected chi connectivity index (χ4v) is 3.21. The lowest BCUT2D eigenvalue weighted by atomic mass is 10.2. The molecule has 1 aromatic heterocycles. The number of nitriles is 1. The number of thioether (sulfide) groups is 1. The summed E-state index contributed by atoms with van der Waals surface area (Å²) in [5, 5.41) is 30.0. The topological polar surface area (TPSA) is 108 Å². The maximum absolute atomic E-state index is 14.1. The van der Waals surface area contributed by atoms with Gasteiger partial charge in [0.05, 0.1) is 29.6 Å². The Kier molecular flexibility index (Phi) is 6.18. The predicted molar refractivity (Wildman–Crippen MR) is 101 cm³/mol. The highest BCUT2D eigenvalue weighted by Gasteiger charge is 2.20. The summed E-state index contributed by atoms with van der Waals surface area (Å²) in [5.41, 5.74) is 0.745. The van der Waals surface area contributed by atoms with Crippen LogP contribution in [-0.4, -0.2) is 43.5 Å². The first-order valence-electron chi connectivity index (χ1n) is 8.22. The normalized spacial score (nSPS) is 10.4. The lowest BCUT2D eigenvalue weighted by Gasteiger charge is -2.22. The largest absolute Gasteiger partial charge is 0.508 e. The van der Waals surface area contributed by atoms with E-state index in [9.17, 15) is 14.3 Å². The van der Waals surface area contributed by atoms with Crippen LogP contribution in [0, 0.1) is 17.1 Å². The van der Waals surface area contributed by atoms with Gasteiger partial charge < -0.3 is 10.0 Å². The molecule has 0 fully saturated rings. The molecule has 28 heavy (non-hydrogen) atoms. The number of aromatic nitrogens is 4. The molecule has 8 nitrogen and oxygen atoms in total. The minimum Gasteiger partial charge on any atom is -0.508 e. The minimum atomic E-state index is -0.535. The second-order valence-corrected chi connectivity index (χ2v) is 6.53. The summed E-state index contributed by atoms with van der Waals surface area (Å²) in [6.45, 7) is 0.0831. The van der Waals surface area contributed by atoms with Crippen molar-refractivity contribution in [2.75, 3.05) is 17.2 Å². The van der Waals surface area contributed by atoms with Gasteiger partial charge >= 0.3 is 0 Å². The van der Waals surface area contributed by atoms with Crippen molar-refractivity contribution in [2.45, 2.75) is 11.6 Å². The minimum absolute atomic E-state index is 0.0434. The van der Waals surface area contributed by atoms with E-state index < -0.39 is 5.82 Å². The van der Waals surface area contributed by atoms with Crippen LogP contribution in [-0.2, 0) is 4.79 Å². The highest BCUT2D eigenvalue weighted by atomic mass is 32.2. The molecule has 0 aliphatic heterocycles. The average Bonchev–Trinajstić information content (AvgIpc) is 3.17. The van der Waals surface area contributed by atoms with Gasteiger partial charge in [-0.15, -0.1) is 5.10 Å². The van der Waals surface area contributed by atoms with E-state index in [2.05, 4.69) is 15.5 Å². The molecule has 10 heteroatoms. The summed E-state index contributed by atoms with van der Waals surface area (Å²) in [7, 11) is 0. The summed E-state index contributed by atoms with van der Waals surface area (Å²) >= 11 is 1.09. The number of phenols is 1. The Bertz CT molecular complexity index is 1000. The molecular formula is C18H15FN6O2S. The third kappa shape index (κ3) is 4.44. The monoisotopic (exact) mass is 398 g/mol. The summed E-state index contributed by atoms with van der Waals surface area (Å²) in [4.78, 5) is 14.0. The Balaban J connectivity index is 1.75. The average molecular weight is 398 g/mol. The van der Waals surface area contributed by atoms with Crippen LogP contribution in [0.1, 0.15) is 6.42 Å². The van der Waals surface area contributed by atoms with Crippen molar-refractivity contribution in [1.29, 1.82) is 5.26 Å². The zero-order chi connectivity index (χ0) is 19.9. The molecule has 0 unspecified atom stereocenters. The lowest BCUT2D eigenvalue weighted by molar-refractivity contribution is -0.116. The molecule has 0 bridgehead atoms. The third-order valence-electron chi connectivity index (χ3n) is 3.75. The van der Waals surface area contributed by atoms with Crippen LogP contribution in [0.25, 0.3) is 5.69 Å². The van der Waals surface area contributed by atoms with E-state index in [0.717, 1.165) is 11.8 Å². The van der Waals surface area contributed by atoms with Crippen LogP contribution in [0.3, 0.4) is 0 Å². The summed E-state index contributed by atoms with van der Waals surface area (Å²) in [6, 6.07) is 14.2. The number of carbonyl (C=O) groups is 1. The van der Waals surface area contributed by atoms with Gasteiger partial charge in [-0.3, -0.25) is 4.79 Å². The fraction of sp³-hybridized carbons (Fsp3) is 0.167. The van der Waals surface area contributed by atoms with Crippen molar-refractivity contribution in [3.63, 3.8) is 0 Å². The second-order valence-electron chi connectivity index (χ2n) is 5.58. The number of aromatic hydroxyl groups is 1. The molecule has 0 aliphatic rings. The molecule has 0 saturated carbocycles. The maximum Gasteiger partial charge on any atom is 0.237 e. The molecule has 2 aromatic carbocycles. The molecule has 0 saturated heterocycles. The number of amides is 1. The van der Waals surface area contributed by atoms with Gasteiger partial charge in [0, 0.05) is 6.54 Å². The molecule has 3 aromatic rings. The van der Waals surface area contributed by atoms with Crippen LogP contribution in [0.15, 0.2) is 53.7 Å². The smallest absolute Gasteiger partial charge is 0.237 e. The van der Waals surface area contributed by atoms with E-state index in [-0.39, 0.29) is 36.1 Å². The standard InChI is InChI=1S/C18H15FN6O2S/c19-15-4-1-2-5-16(15)24(11-3-10-20)17(27)12-28-18-21-22-23-25(18)13-6-8-14(26)9-7-13/h1-2,4-9,26H,3,11-12H2. The van der Waals surface area contributed by atoms with Crippen molar-refractivity contribution in [2.24, 2.45) is 0 Å². The first-order valence-corrected chi connectivity index (χ1v) is 9.21. The molecule has 3 rings (SSSR count). The van der Waals surface area contributed by atoms with Crippen LogP contribution < -0.4 is 4.90 Å². The molecule has 1 heterocycles. The number of phenolic OH excluding ortho intramolecular Hbond substituents is 1. The van der Waals surface area contributed by atoms with Crippen LogP contribution >= 0.6 is 11.8 Å². The first-order chi connectivity index (χ1) is 13.6. The number of benzene rings is 2. The number of hydrogen-bond donors (Lipinski definition) is 1. The van der Waals surface area contributed by atoms with E-state index in [1.54, 1.807) is 18.2 Å². The number of halogens is 1. The lowest BCUT2D eigenvalue weighted by Crippen LogP contribution is -2.34. The number of nitrogens with zero attached hydrogens (tertiary/aromatic N) is 6. The maximum atomic E-state index is 14.1. The highest BCUT2D eigenvalue weighted by molar-refractivity contribution is 7.99. The molecule has 0 spiro atoms. The first kappa shape index (κ1) is 19.3. The van der Waals surface area contributed by atoms with Crippen molar-refractivity contribution >= 4 is 23.4 Å².